The van der Waals surface area contributed by atoms with Gasteiger partial charge in [0, 0.05) is 25.8 Å². The van der Waals surface area contributed by atoms with Crippen molar-refractivity contribution in [2.24, 2.45) is 0 Å². The zero-order valence-electron chi connectivity index (χ0n) is 12.6. The van der Waals surface area contributed by atoms with Crippen LogP contribution in [0.2, 0.25) is 0 Å². The van der Waals surface area contributed by atoms with Crippen LogP contribution in [0.15, 0.2) is 18.3 Å². The molecule has 1 aliphatic heterocycles. The van der Waals surface area contributed by atoms with E-state index in [-0.39, 0.29) is 11.7 Å². The molecule has 0 atom stereocenters. The van der Waals surface area contributed by atoms with Crippen LogP contribution in [0.1, 0.15) is 35.3 Å². The minimum atomic E-state index is -4.50. The minimum Gasteiger partial charge on any atom is -0.393 e. The van der Waals surface area contributed by atoms with E-state index in [4.69, 9.17) is 0 Å². The number of aromatic nitrogens is 1. The summed E-state index contributed by atoms with van der Waals surface area (Å²) in [6, 6.07) is 1.92. The van der Waals surface area contributed by atoms with Gasteiger partial charge < -0.3 is 15.3 Å². The van der Waals surface area contributed by atoms with Crippen molar-refractivity contribution in [2.45, 2.75) is 31.5 Å². The zero-order chi connectivity index (χ0) is 16.9. The molecule has 1 fully saturated rings. The fourth-order valence-corrected chi connectivity index (χ4v) is 2.45. The van der Waals surface area contributed by atoms with Gasteiger partial charge in [0.1, 0.15) is 5.69 Å². The first-order valence-corrected chi connectivity index (χ1v) is 7.58. The van der Waals surface area contributed by atoms with Crippen molar-refractivity contribution >= 4 is 5.91 Å². The van der Waals surface area contributed by atoms with Gasteiger partial charge in [-0.2, -0.15) is 13.2 Å². The van der Waals surface area contributed by atoms with Crippen LogP contribution in [0.3, 0.4) is 0 Å². The molecule has 5 nitrogen and oxygen atoms in total. The van der Waals surface area contributed by atoms with Gasteiger partial charge in [0.15, 0.2) is 0 Å². The molecule has 0 spiro atoms. The van der Waals surface area contributed by atoms with E-state index >= 15 is 0 Å². The van der Waals surface area contributed by atoms with Crippen molar-refractivity contribution in [3.05, 3.63) is 29.6 Å². The van der Waals surface area contributed by atoms with Gasteiger partial charge in [0.25, 0.3) is 5.91 Å². The highest BCUT2D eigenvalue weighted by atomic mass is 19.4. The van der Waals surface area contributed by atoms with Gasteiger partial charge in [-0.3, -0.25) is 9.78 Å². The van der Waals surface area contributed by atoms with Gasteiger partial charge in [-0.15, -0.1) is 0 Å². The molecule has 1 aromatic rings. The molecule has 2 heterocycles. The predicted molar refractivity (Wildman–Crippen MR) is 77.9 cm³/mol. The molecule has 128 valence electrons. The topological polar surface area (TPSA) is 65.5 Å². The minimum absolute atomic E-state index is 0.110. The highest BCUT2D eigenvalue weighted by Gasteiger charge is 2.32. The number of likely N-dealkylation sites (tertiary alicyclic amines) is 1. The van der Waals surface area contributed by atoms with Gasteiger partial charge >= 0.3 is 6.18 Å². The Hall–Kier alpha value is -1.67. The van der Waals surface area contributed by atoms with E-state index in [2.05, 4.69) is 15.2 Å². The Labute approximate surface area is 132 Å². The summed E-state index contributed by atoms with van der Waals surface area (Å²) in [5.74, 6) is -0.430. The number of rotatable bonds is 5. The number of nitrogens with zero attached hydrogens (tertiary/aromatic N) is 2. The lowest BCUT2D eigenvalue weighted by molar-refractivity contribution is -0.141. The van der Waals surface area contributed by atoms with Gasteiger partial charge in [-0.25, -0.2) is 0 Å². The maximum Gasteiger partial charge on any atom is 0.433 e. The van der Waals surface area contributed by atoms with Crippen molar-refractivity contribution < 1.29 is 23.1 Å². The quantitative estimate of drug-likeness (QED) is 0.806. The van der Waals surface area contributed by atoms with Crippen LogP contribution in [0.25, 0.3) is 0 Å². The molecule has 1 aromatic heterocycles. The Morgan fingerprint density at radius 2 is 2.04 bits per heavy atom. The van der Waals surface area contributed by atoms with Crippen molar-refractivity contribution in [3.63, 3.8) is 0 Å². The zero-order valence-corrected chi connectivity index (χ0v) is 12.6. The van der Waals surface area contributed by atoms with Gasteiger partial charge in [0.05, 0.1) is 11.7 Å². The average molecular weight is 331 g/mol. The number of halogens is 3. The molecule has 0 saturated carbocycles. The Balaban J connectivity index is 1.70. The third-order valence-electron chi connectivity index (χ3n) is 3.81. The summed E-state index contributed by atoms with van der Waals surface area (Å²) in [5.41, 5.74) is -0.902. The van der Waals surface area contributed by atoms with Crippen molar-refractivity contribution in [3.8, 4) is 0 Å². The summed E-state index contributed by atoms with van der Waals surface area (Å²) in [6.45, 7) is 2.95. The van der Waals surface area contributed by atoms with Crippen LogP contribution in [0.4, 0.5) is 13.2 Å². The van der Waals surface area contributed by atoms with Gasteiger partial charge in [0.2, 0.25) is 0 Å². The number of piperidine rings is 1. The molecular formula is C15H20F3N3O2. The summed E-state index contributed by atoms with van der Waals surface area (Å²) in [6.07, 6.45) is -1.50. The number of pyridine rings is 1. The lowest BCUT2D eigenvalue weighted by atomic mass is 10.1. The van der Waals surface area contributed by atoms with Gasteiger partial charge in [-0.1, -0.05) is 0 Å². The first-order chi connectivity index (χ1) is 10.9. The second kappa shape index (κ2) is 7.74. The van der Waals surface area contributed by atoms with Crippen molar-refractivity contribution in [1.29, 1.82) is 0 Å². The number of hydrogen-bond donors (Lipinski definition) is 2. The number of carbonyl (C=O) groups excluding carboxylic acids is 1. The van der Waals surface area contributed by atoms with Crippen LogP contribution in [-0.2, 0) is 6.18 Å². The molecule has 0 aliphatic carbocycles. The molecule has 0 aromatic carbocycles. The maximum absolute atomic E-state index is 12.4. The monoisotopic (exact) mass is 331 g/mol. The summed E-state index contributed by atoms with van der Waals surface area (Å²) in [7, 11) is 0. The smallest absolute Gasteiger partial charge is 0.393 e. The molecule has 1 saturated heterocycles. The molecule has 1 aliphatic rings. The number of amides is 1. The number of carbonyl (C=O) groups is 1. The van der Waals surface area contributed by atoms with Crippen molar-refractivity contribution in [2.75, 3.05) is 26.2 Å². The highest BCUT2D eigenvalue weighted by Crippen LogP contribution is 2.27. The summed E-state index contributed by atoms with van der Waals surface area (Å²) in [4.78, 5) is 17.3. The Bertz CT molecular complexity index is 512. The molecule has 0 unspecified atom stereocenters. The first kappa shape index (κ1) is 17.7. The number of hydrogen-bond acceptors (Lipinski definition) is 4. The molecule has 0 radical (unpaired) electrons. The number of alkyl halides is 3. The van der Waals surface area contributed by atoms with Crippen LogP contribution in [0.5, 0.6) is 0 Å². The largest absolute Gasteiger partial charge is 0.433 e. The summed E-state index contributed by atoms with van der Waals surface area (Å²) >= 11 is 0. The lowest BCUT2D eigenvalue weighted by Crippen LogP contribution is -2.37. The molecule has 8 heteroatoms. The SMILES string of the molecule is O=C(NCCCN1CCC(O)CC1)c1ccc(C(F)(F)F)nc1. The first-order valence-electron chi connectivity index (χ1n) is 7.58. The normalized spacial score (nSPS) is 17.2. The van der Waals surface area contributed by atoms with E-state index in [0.717, 1.165) is 57.2 Å². The van der Waals surface area contributed by atoms with Crippen LogP contribution >= 0.6 is 0 Å². The fraction of sp³-hybridized carbons (Fsp3) is 0.600. The van der Waals surface area contributed by atoms with E-state index in [1.54, 1.807) is 0 Å². The number of aliphatic hydroxyl groups excluding tert-OH is 1. The van der Waals surface area contributed by atoms with E-state index in [0.29, 0.717) is 6.54 Å². The van der Waals surface area contributed by atoms with E-state index in [1.807, 2.05) is 0 Å². The Kier molecular flexibility index (Phi) is 5.95. The van der Waals surface area contributed by atoms with E-state index < -0.39 is 17.8 Å². The van der Waals surface area contributed by atoms with Crippen LogP contribution in [0, 0.1) is 0 Å². The highest BCUT2D eigenvalue weighted by molar-refractivity contribution is 5.93. The summed E-state index contributed by atoms with van der Waals surface area (Å²) in [5, 5.41) is 12.1. The molecule has 2 N–H and O–H groups in total. The standard InChI is InChI=1S/C15H20F3N3O2/c16-15(17,18)13-3-2-11(10-20-13)14(23)19-6-1-7-21-8-4-12(22)5-9-21/h2-3,10,12,22H,1,4-9H2,(H,19,23). The average Bonchev–Trinajstić information content (AvgIpc) is 2.52. The van der Waals surface area contributed by atoms with Crippen LogP contribution < -0.4 is 5.32 Å². The Morgan fingerprint density at radius 1 is 1.35 bits per heavy atom. The second-order valence-corrected chi connectivity index (χ2v) is 5.61. The summed E-state index contributed by atoms with van der Waals surface area (Å²) < 4.78 is 37.2. The fourth-order valence-electron chi connectivity index (χ4n) is 2.45. The van der Waals surface area contributed by atoms with E-state index in [1.165, 1.54) is 0 Å². The number of nitrogens with one attached hydrogen (secondary N) is 1. The maximum atomic E-state index is 12.4. The molecule has 1 amide bonds. The lowest BCUT2D eigenvalue weighted by Gasteiger charge is -2.29. The van der Waals surface area contributed by atoms with Gasteiger partial charge in [-0.05, 0) is 37.9 Å². The molecular weight excluding hydrogens is 311 g/mol. The third kappa shape index (κ3) is 5.47. The Morgan fingerprint density at radius 3 is 2.61 bits per heavy atom. The second-order valence-electron chi connectivity index (χ2n) is 5.61. The van der Waals surface area contributed by atoms with Crippen molar-refractivity contribution in [1.82, 2.24) is 15.2 Å². The molecule has 2 rings (SSSR count). The predicted octanol–water partition coefficient (Wildman–Crippen LogP) is 1.68. The van der Waals surface area contributed by atoms with Crippen LogP contribution in [-0.4, -0.2) is 53.2 Å². The molecule has 23 heavy (non-hydrogen) atoms. The number of aliphatic hydroxyl groups is 1. The molecule has 0 bridgehead atoms. The van der Waals surface area contributed by atoms with E-state index in [9.17, 15) is 23.1 Å². The third-order valence-corrected chi connectivity index (χ3v) is 3.81.